The van der Waals surface area contributed by atoms with Crippen LogP contribution in [-0.2, 0) is 6.54 Å². The van der Waals surface area contributed by atoms with E-state index in [-0.39, 0.29) is 23.2 Å². The van der Waals surface area contributed by atoms with Gasteiger partial charge in [0.05, 0.1) is 18.3 Å². The van der Waals surface area contributed by atoms with Crippen LogP contribution in [0.3, 0.4) is 0 Å². The van der Waals surface area contributed by atoms with Crippen LogP contribution in [0, 0.1) is 0 Å². The number of urea groups is 1. The number of nitrogens with zero attached hydrogens (tertiary/aromatic N) is 1. The number of hydrogen-bond acceptors (Lipinski definition) is 4. The topological polar surface area (TPSA) is 100 Å². The fourth-order valence-corrected chi connectivity index (χ4v) is 1.89. The Morgan fingerprint density at radius 1 is 1.33 bits per heavy atom. The third-order valence-electron chi connectivity index (χ3n) is 2.89. The molecule has 0 saturated carbocycles. The highest BCUT2D eigenvalue weighted by molar-refractivity contribution is 5.91. The normalized spacial score (nSPS) is 10.5. The van der Waals surface area contributed by atoms with Gasteiger partial charge in [-0.25, -0.2) is 4.79 Å². The third kappa shape index (κ3) is 2.76. The van der Waals surface area contributed by atoms with Gasteiger partial charge in [0.2, 0.25) is 5.43 Å². The minimum atomic E-state index is -0.493. The van der Waals surface area contributed by atoms with Crippen LogP contribution in [0.4, 0.5) is 10.5 Å². The summed E-state index contributed by atoms with van der Waals surface area (Å²) < 4.78 is 5.10. The van der Waals surface area contributed by atoms with Gasteiger partial charge >= 0.3 is 6.03 Å². The lowest BCUT2D eigenvalue weighted by Crippen LogP contribution is -2.30. The summed E-state index contributed by atoms with van der Waals surface area (Å²) >= 11 is 0. The lowest BCUT2D eigenvalue weighted by atomic mass is 10.3. The van der Waals surface area contributed by atoms with Crippen molar-refractivity contribution in [2.45, 2.75) is 6.54 Å². The zero-order chi connectivity index (χ0) is 14.7. The lowest BCUT2D eigenvalue weighted by molar-refractivity contribution is 0.251. The molecule has 3 aromatic heterocycles. The van der Waals surface area contributed by atoms with Gasteiger partial charge in [-0.15, -0.1) is 0 Å². The molecule has 0 fully saturated rings. The molecule has 3 aromatic rings. The van der Waals surface area contributed by atoms with Crippen molar-refractivity contribution in [3.8, 4) is 0 Å². The number of fused-ring (bicyclic) bond motifs is 1. The predicted octanol–water partition coefficient (Wildman–Crippen LogP) is 1.84. The molecule has 3 heterocycles. The number of H-pyrrole nitrogens is 1. The minimum absolute atomic E-state index is 0.137. The molecule has 3 rings (SSSR count). The number of carbonyl (C=O) groups excluding carboxylic acids is 1. The monoisotopic (exact) mass is 284 g/mol. The zero-order valence-electron chi connectivity index (χ0n) is 10.9. The molecule has 0 aliphatic heterocycles. The van der Waals surface area contributed by atoms with Gasteiger partial charge in [0.15, 0.2) is 0 Å². The number of aromatic amines is 1. The number of hydrogen-bond donors (Lipinski definition) is 3. The number of furan rings is 1. The van der Waals surface area contributed by atoms with E-state index in [9.17, 15) is 9.59 Å². The first kappa shape index (κ1) is 12.9. The molecule has 7 heteroatoms. The van der Waals surface area contributed by atoms with Gasteiger partial charge in [0.1, 0.15) is 17.0 Å². The van der Waals surface area contributed by atoms with Gasteiger partial charge in [-0.05, 0) is 24.3 Å². The van der Waals surface area contributed by atoms with Crippen LogP contribution in [0.25, 0.3) is 11.0 Å². The maximum Gasteiger partial charge on any atom is 0.319 e. The zero-order valence-corrected chi connectivity index (χ0v) is 10.9. The van der Waals surface area contributed by atoms with E-state index >= 15 is 0 Å². The molecule has 0 aliphatic rings. The van der Waals surface area contributed by atoms with E-state index in [1.54, 1.807) is 24.3 Å². The highest BCUT2D eigenvalue weighted by Crippen LogP contribution is 2.07. The molecule has 0 aliphatic carbocycles. The Hall–Kier alpha value is -3.09. The molecule has 7 nitrogen and oxygen atoms in total. The van der Waals surface area contributed by atoms with Crippen LogP contribution in [0.1, 0.15) is 5.76 Å². The van der Waals surface area contributed by atoms with Gasteiger partial charge in [-0.1, -0.05) is 0 Å². The molecule has 106 valence electrons. The van der Waals surface area contributed by atoms with Gasteiger partial charge in [0, 0.05) is 12.4 Å². The fraction of sp³-hybridized carbons (Fsp3) is 0.0714. The Morgan fingerprint density at radius 2 is 2.24 bits per heavy atom. The van der Waals surface area contributed by atoms with Gasteiger partial charge in [0.25, 0.3) is 0 Å². The quantitative estimate of drug-likeness (QED) is 0.683. The molecule has 0 radical (unpaired) electrons. The van der Waals surface area contributed by atoms with Crippen LogP contribution in [0.5, 0.6) is 0 Å². The molecule has 0 atom stereocenters. The first-order valence-electron chi connectivity index (χ1n) is 6.28. The highest BCUT2D eigenvalue weighted by atomic mass is 16.3. The summed E-state index contributed by atoms with van der Waals surface area (Å²) in [6, 6.07) is 6.44. The van der Waals surface area contributed by atoms with Crippen LogP contribution in [0.2, 0.25) is 0 Å². The lowest BCUT2D eigenvalue weighted by Gasteiger charge is -2.06. The summed E-state index contributed by atoms with van der Waals surface area (Å²) in [5.41, 5.74) is 0.695. The maximum absolute atomic E-state index is 12.2. The van der Waals surface area contributed by atoms with Gasteiger partial charge < -0.3 is 20.0 Å². The van der Waals surface area contributed by atoms with Crippen molar-refractivity contribution in [1.29, 1.82) is 0 Å². The van der Waals surface area contributed by atoms with Crippen LogP contribution in [0.15, 0.2) is 52.1 Å². The number of aromatic nitrogens is 2. The van der Waals surface area contributed by atoms with Crippen molar-refractivity contribution in [1.82, 2.24) is 15.3 Å². The smallest absolute Gasteiger partial charge is 0.319 e. The average molecular weight is 284 g/mol. The molecule has 21 heavy (non-hydrogen) atoms. The Morgan fingerprint density at radius 3 is 3.05 bits per heavy atom. The summed E-state index contributed by atoms with van der Waals surface area (Å²) in [6.45, 7) is 0.239. The van der Waals surface area contributed by atoms with Crippen LogP contribution >= 0.6 is 0 Å². The van der Waals surface area contributed by atoms with E-state index in [0.29, 0.717) is 11.3 Å². The molecule has 0 aromatic carbocycles. The van der Waals surface area contributed by atoms with E-state index in [1.165, 1.54) is 18.7 Å². The van der Waals surface area contributed by atoms with Crippen LogP contribution in [-0.4, -0.2) is 16.0 Å². The highest BCUT2D eigenvalue weighted by Gasteiger charge is 2.09. The first-order chi connectivity index (χ1) is 10.2. The molecule has 0 saturated heterocycles. The molecular weight excluding hydrogens is 272 g/mol. The third-order valence-corrected chi connectivity index (χ3v) is 2.89. The van der Waals surface area contributed by atoms with E-state index in [0.717, 1.165) is 0 Å². The number of amides is 2. The molecular formula is C14H12N4O3. The van der Waals surface area contributed by atoms with Crippen molar-refractivity contribution in [2.24, 2.45) is 0 Å². The molecule has 2 amide bonds. The van der Waals surface area contributed by atoms with Gasteiger partial charge in [-0.3, -0.25) is 9.78 Å². The van der Waals surface area contributed by atoms with E-state index in [4.69, 9.17) is 4.42 Å². The molecule has 0 unspecified atom stereocenters. The predicted molar refractivity (Wildman–Crippen MR) is 76.9 cm³/mol. The second-order valence-electron chi connectivity index (χ2n) is 4.32. The second-order valence-corrected chi connectivity index (χ2v) is 4.32. The molecule has 0 spiro atoms. The van der Waals surface area contributed by atoms with Crippen molar-refractivity contribution in [3.63, 3.8) is 0 Å². The van der Waals surface area contributed by atoms with E-state index < -0.39 is 6.03 Å². The summed E-state index contributed by atoms with van der Waals surface area (Å²) in [7, 11) is 0. The van der Waals surface area contributed by atoms with E-state index in [1.807, 2.05) is 0 Å². The SMILES string of the molecule is O=C(NCc1ccco1)Nc1c[nH]c2cccnc2c1=O. The van der Waals surface area contributed by atoms with Gasteiger partial charge in [-0.2, -0.15) is 0 Å². The number of carbonyl (C=O) groups is 1. The molecule has 0 bridgehead atoms. The summed E-state index contributed by atoms with van der Waals surface area (Å²) in [6.07, 6.45) is 4.49. The second kappa shape index (κ2) is 5.49. The number of anilines is 1. The minimum Gasteiger partial charge on any atom is -0.467 e. The Balaban J connectivity index is 1.74. The van der Waals surface area contributed by atoms with Crippen LogP contribution < -0.4 is 16.1 Å². The maximum atomic E-state index is 12.2. The number of rotatable bonds is 3. The van der Waals surface area contributed by atoms with E-state index in [2.05, 4.69) is 20.6 Å². The summed E-state index contributed by atoms with van der Waals surface area (Å²) in [4.78, 5) is 30.8. The Bertz CT molecular complexity index is 824. The number of pyridine rings is 2. The standard InChI is InChI=1S/C14H12N4O3/c19-13-11(8-16-10-4-1-5-15-12(10)13)18-14(20)17-7-9-3-2-6-21-9/h1-6,8H,7H2,(H,16,19)(H2,17,18,20). The van der Waals surface area contributed by atoms with Crippen molar-refractivity contribution < 1.29 is 9.21 Å². The van der Waals surface area contributed by atoms with Crippen molar-refractivity contribution >= 4 is 22.8 Å². The molecule has 3 N–H and O–H groups in total. The Labute approximate surface area is 119 Å². The summed E-state index contributed by atoms with van der Waals surface area (Å²) in [5, 5.41) is 5.08. The largest absolute Gasteiger partial charge is 0.467 e. The summed E-state index contributed by atoms with van der Waals surface area (Å²) in [5.74, 6) is 0.624. The number of nitrogens with one attached hydrogen (secondary N) is 3. The first-order valence-corrected chi connectivity index (χ1v) is 6.28. The van der Waals surface area contributed by atoms with Crippen molar-refractivity contribution in [2.75, 3.05) is 5.32 Å². The average Bonchev–Trinajstić information content (AvgIpc) is 3.02. The Kier molecular flexibility index (Phi) is 3.38. The fourth-order valence-electron chi connectivity index (χ4n) is 1.89. The van der Waals surface area contributed by atoms with Crippen molar-refractivity contribution in [3.05, 3.63) is 58.9 Å².